The van der Waals surface area contributed by atoms with Gasteiger partial charge in [-0.25, -0.2) is 9.18 Å². The number of aliphatic hydroxyl groups is 1. The Morgan fingerprint density at radius 1 is 1.39 bits per heavy atom. The van der Waals surface area contributed by atoms with Crippen LogP contribution in [0.2, 0.25) is 5.02 Å². The summed E-state index contributed by atoms with van der Waals surface area (Å²) >= 11 is 5.82. The Bertz CT molecular complexity index is 906. The van der Waals surface area contributed by atoms with E-state index in [1.54, 1.807) is 11.1 Å². The Morgan fingerprint density at radius 3 is 2.86 bits per heavy atom. The SMILES string of the molecule is CC1CN(c2cnn3c2CN(C(O)Nc2ccc(F)c(Cl)c2)[C@@H](C)C3)C(=O)N1. The average molecular weight is 409 g/mol. The molecule has 8 nitrogen and oxygen atoms in total. The van der Waals surface area contributed by atoms with Gasteiger partial charge in [0.2, 0.25) is 0 Å². The van der Waals surface area contributed by atoms with E-state index in [0.29, 0.717) is 25.3 Å². The second-order valence-electron chi connectivity index (χ2n) is 7.29. The van der Waals surface area contributed by atoms with Gasteiger partial charge in [-0.05, 0) is 32.0 Å². The summed E-state index contributed by atoms with van der Waals surface area (Å²) in [4.78, 5) is 15.7. The van der Waals surface area contributed by atoms with Crippen LogP contribution in [-0.2, 0) is 13.1 Å². The van der Waals surface area contributed by atoms with E-state index in [-0.39, 0.29) is 23.1 Å². The number of hydrogen-bond acceptors (Lipinski definition) is 5. The maximum absolute atomic E-state index is 13.4. The van der Waals surface area contributed by atoms with Gasteiger partial charge in [0, 0.05) is 30.9 Å². The number of halogens is 2. The highest BCUT2D eigenvalue weighted by atomic mass is 35.5. The third kappa shape index (κ3) is 3.41. The maximum Gasteiger partial charge on any atom is 0.322 e. The van der Waals surface area contributed by atoms with Gasteiger partial charge in [0.1, 0.15) is 5.82 Å². The first-order valence-electron chi connectivity index (χ1n) is 9.11. The fourth-order valence-electron chi connectivity index (χ4n) is 3.67. The van der Waals surface area contributed by atoms with Crippen LogP contribution < -0.4 is 15.5 Å². The molecule has 2 aromatic rings. The Kier molecular flexibility index (Phi) is 4.90. The highest BCUT2D eigenvalue weighted by Gasteiger charge is 2.35. The number of benzene rings is 1. The van der Waals surface area contributed by atoms with Gasteiger partial charge >= 0.3 is 6.03 Å². The number of amides is 2. The van der Waals surface area contributed by atoms with E-state index < -0.39 is 12.2 Å². The Labute approximate surface area is 166 Å². The first-order valence-corrected chi connectivity index (χ1v) is 9.49. The summed E-state index contributed by atoms with van der Waals surface area (Å²) in [5, 5.41) is 21.0. The number of nitrogens with zero attached hydrogens (tertiary/aromatic N) is 4. The number of aliphatic hydroxyl groups excluding tert-OH is 1. The van der Waals surface area contributed by atoms with Crippen LogP contribution >= 0.6 is 11.6 Å². The first kappa shape index (κ1) is 19.0. The summed E-state index contributed by atoms with van der Waals surface area (Å²) in [6.45, 7) is 5.48. The van der Waals surface area contributed by atoms with Crippen LogP contribution in [0, 0.1) is 5.82 Å². The van der Waals surface area contributed by atoms with E-state index in [4.69, 9.17) is 11.6 Å². The molecule has 150 valence electrons. The van der Waals surface area contributed by atoms with Crippen molar-refractivity contribution in [2.24, 2.45) is 0 Å². The molecule has 0 spiro atoms. The van der Waals surface area contributed by atoms with E-state index >= 15 is 0 Å². The lowest BCUT2D eigenvalue weighted by molar-refractivity contribution is -0.0241. The summed E-state index contributed by atoms with van der Waals surface area (Å²) in [6.07, 6.45) is 0.683. The van der Waals surface area contributed by atoms with Gasteiger partial charge in [-0.3, -0.25) is 14.5 Å². The van der Waals surface area contributed by atoms with Crippen LogP contribution in [0.15, 0.2) is 24.4 Å². The van der Waals surface area contributed by atoms with Gasteiger partial charge in [-0.15, -0.1) is 0 Å². The molecule has 0 saturated carbocycles. The van der Waals surface area contributed by atoms with Crippen LogP contribution in [0.1, 0.15) is 19.5 Å². The number of rotatable bonds is 4. The molecule has 3 heterocycles. The molecule has 2 aliphatic heterocycles. The third-order valence-electron chi connectivity index (χ3n) is 5.15. The van der Waals surface area contributed by atoms with E-state index in [1.807, 2.05) is 23.4 Å². The van der Waals surface area contributed by atoms with Crippen LogP contribution in [0.4, 0.5) is 20.6 Å². The van der Waals surface area contributed by atoms with Crippen LogP contribution in [-0.4, -0.2) is 50.8 Å². The molecule has 28 heavy (non-hydrogen) atoms. The van der Waals surface area contributed by atoms with E-state index in [0.717, 1.165) is 11.4 Å². The van der Waals surface area contributed by atoms with Crippen molar-refractivity contribution < 1.29 is 14.3 Å². The molecule has 1 fully saturated rings. The second-order valence-corrected chi connectivity index (χ2v) is 7.70. The summed E-state index contributed by atoms with van der Waals surface area (Å²) in [7, 11) is 0. The molecule has 2 unspecified atom stereocenters. The van der Waals surface area contributed by atoms with Gasteiger partial charge in [-0.2, -0.15) is 5.10 Å². The minimum Gasteiger partial charge on any atom is -0.361 e. The molecule has 0 radical (unpaired) electrons. The number of aromatic nitrogens is 2. The van der Waals surface area contributed by atoms with Gasteiger partial charge in [0.25, 0.3) is 0 Å². The van der Waals surface area contributed by atoms with Crippen molar-refractivity contribution in [2.75, 3.05) is 16.8 Å². The van der Waals surface area contributed by atoms with E-state index in [2.05, 4.69) is 15.7 Å². The largest absolute Gasteiger partial charge is 0.361 e. The van der Waals surface area contributed by atoms with E-state index in [1.165, 1.54) is 18.2 Å². The minimum absolute atomic E-state index is 0.00926. The zero-order valence-electron chi connectivity index (χ0n) is 15.6. The van der Waals surface area contributed by atoms with Gasteiger partial charge in [0.15, 0.2) is 6.35 Å². The van der Waals surface area contributed by atoms with Crippen LogP contribution in [0.5, 0.6) is 0 Å². The normalized spacial score (nSPS) is 23.5. The molecule has 4 rings (SSSR count). The molecule has 3 N–H and O–H groups in total. The summed E-state index contributed by atoms with van der Waals surface area (Å²) in [5.41, 5.74) is 2.12. The maximum atomic E-state index is 13.4. The molecule has 1 aromatic carbocycles. The number of carbonyl (C=O) groups excluding carboxylic acids is 1. The fourth-order valence-corrected chi connectivity index (χ4v) is 3.85. The predicted molar refractivity (Wildman–Crippen MR) is 104 cm³/mol. The van der Waals surface area contributed by atoms with Gasteiger partial charge < -0.3 is 15.7 Å². The number of carbonyl (C=O) groups is 1. The highest BCUT2D eigenvalue weighted by molar-refractivity contribution is 6.31. The van der Waals surface area contributed by atoms with Gasteiger partial charge in [-0.1, -0.05) is 11.6 Å². The molecule has 2 aliphatic rings. The molecule has 10 heteroatoms. The molecular weight excluding hydrogens is 387 g/mol. The van der Waals surface area contributed by atoms with Crippen molar-refractivity contribution >= 4 is 29.0 Å². The zero-order valence-corrected chi connectivity index (χ0v) is 16.3. The molecule has 0 bridgehead atoms. The summed E-state index contributed by atoms with van der Waals surface area (Å²) in [6, 6.07) is 4.11. The number of fused-ring (bicyclic) bond motifs is 1. The van der Waals surface area contributed by atoms with Crippen molar-refractivity contribution in [1.29, 1.82) is 0 Å². The topological polar surface area (TPSA) is 85.7 Å². The van der Waals surface area contributed by atoms with Crippen LogP contribution in [0.25, 0.3) is 0 Å². The summed E-state index contributed by atoms with van der Waals surface area (Å²) in [5.74, 6) is -0.514. The Morgan fingerprint density at radius 2 is 2.18 bits per heavy atom. The predicted octanol–water partition coefficient (Wildman–Crippen LogP) is 2.19. The highest BCUT2D eigenvalue weighted by Crippen LogP contribution is 2.30. The lowest BCUT2D eigenvalue weighted by Gasteiger charge is -2.38. The van der Waals surface area contributed by atoms with Crippen molar-refractivity contribution in [3.63, 3.8) is 0 Å². The first-order chi connectivity index (χ1) is 13.3. The van der Waals surface area contributed by atoms with E-state index in [9.17, 15) is 14.3 Å². The van der Waals surface area contributed by atoms with Gasteiger partial charge in [0.05, 0.1) is 29.1 Å². The Hall–Kier alpha value is -2.36. The molecule has 3 atom stereocenters. The molecular formula is C18H22ClFN6O2. The van der Waals surface area contributed by atoms with Crippen molar-refractivity contribution in [3.8, 4) is 0 Å². The average Bonchev–Trinajstić information content (AvgIpc) is 3.19. The van der Waals surface area contributed by atoms with Crippen LogP contribution in [0.3, 0.4) is 0 Å². The number of nitrogens with one attached hydrogen (secondary N) is 2. The molecule has 2 amide bonds. The Balaban J connectivity index is 1.54. The standard InChI is InChI=1S/C18H22ClFN6O2/c1-10-7-25(17(27)22-10)15-6-21-26-8-11(2)24(9-16(15)26)18(28)23-12-3-4-14(20)13(19)5-12/h3-6,10-11,18,23,28H,7-9H2,1-2H3,(H,22,27)/t10?,11-,18?/m0/s1. The second kappa shape index (κ2) is 7.23. The lowest BCUT2D eigenvalue weighted by atomic mass is 10.2. The lowest BCUT2D eigenvalue weighted by Crippen LogP contribution is -2.50. The molecule has 1 aromatic heterocycles. The quantitative estimate of drug-likeness (QED) is 0.675. The number of urea groups is 1. The van der Waals surface area contributed by atoms with Crippen molar-refractivity contribution in [1.82, 2.24) is 20.0 Å². The van der Waals surface area contributed by atoms with Crippen molar-refractivity contribution in [3.05, 3.63) is 40.9 Å². The fraction of sp³-hybridized carbons (Fsp3) is 0.444. The number of anilines is 2. The minimum atomic E-state index is -1.01. The van der Waals surface area contributed by atoms with Crippen molar-refractivity contribution in [2.45, 2.75) is 45.4 Å². The molecule has 0 aliphatic carbocycles. The third-order valence-corrected chi connectivity index (χ3v) is 5.44. The summed E-state index contributed by atoms with van der Waals surface area (Å²) < 4.78 is 15.2. The zero-order chi connectivity index (χ0) is 20.0. The number of hydrogen-bond donors (Lipinski definition) is 3. The molecule has 1 saturated heterocycles. The smallest absolute Gasteiger partial charge is 0.322 e. The monoisotopic (exact) mass is 408 g/mol.